The molecule has 5 nitrogen and oxygen atoms in total. The number of rotatable bonds is 14. The van der Waals surface area contributed by atoms with Crippen LogP contribution in [0.5, 0.6) is 0 Å². The van der Waals surface area contributed by atoms with Crippen molar-refractivity contribution in [3.05, 3.63) is 109 Å². The highest BCUT2D eigenvalue weighted by Gasteiger charge is 2.28. The molecule has 0 aliphatic carbocycles. The molecule has 0 aliphatic rings. The lowest BCUT2D eigenvalue weighted by atomic mass is 9.71. The monoisotopic (exact) mass is 541 g/mol. The number of nitrogens with zero attached hydrogens (tertiary/aromatic N) is 2. The van der Waals surface area contributed by atoms with Gasteiger partial charge in [0, 0.05) is 37.2 Å². The molecule has 0 bridgehead atoms. The quantitative estimate of drug-likeness (QED) is 0.0840. The fourth-order valence-corrected chi connectivity index (χ4v) is 5.24. The highest BCUT2D eigenvalue weighted by atomic mass is 15.4. The van der Waals surface area contributed by atoms with E-state index in [0.29, 0.717) is 5.70 Å². The van der Waals surface area contributed by atoms with E-state index in [1.54, 1.807) is 29.7 Å². The van der Waals surface area contributed by atoms with E-state index in [2.05, 4.69) is 99.2 Å². The van der Waals surface area contributed by atoms with Crippen molar-refractivity contribution >= 4 is 5.70 Å². The third-order valence-electron chi connectivity index (χ3n) is 6.93. The van der Waals surface area contributed by atoms with Crippen LogP contribution in [0.15, 0.2) is 98.0 Å². The molecule has 0 saturated heterocycles. The van der Waals surface area contributed by atoms with Gasteiger partial charge in [0.05, 0.1) is 5.70 Å². The Morgan fingerprint density at radius 1 is 0.950 bits per heavy atom. The van der Waals surface area contributed by atoms with Crippen molar-refractivity contribution in [2.45, 2.75) is 66.8 Å². The van der Waals surface area contributed by atoms with Crippen LogP contribution < -0.4 is 16.9 Å². The van der Waals surface area contributed by atoms with E-state index in [4.69, 9.17) is 11.6 Å². The van der Waals surface area contributed by atoms with Gasteiger partial charge in [-0.2, -0.15) is 0 Å². The molecule has 0 radical (unpaired) electrons. The molecule has 216 valence electrons. The number of hydrogen-bond acceptors (Lipinski definition) is 5. The lowest BCUT2D eigenvalue weighted by Gasteiger charge is -2.36. The number of hydrogen-bond donors (Lipinski definition) is 3. The largest absolute Gasteiger partial charge is 0.397 e. The lowest BCUT2D eigenvalue weighted by molar-refractivity contribution is 0.156. The zero-order valence-electron chi connectivity index (χ0n) is 25.4. The topological polar surface area (TPSA) is 80.2 Å². The van der Waals surface area contributed by atoms with Crippen molar-refractivity contribution < 1.29 is 0 Å². The Labute approximate surface area is 243 Å². The maximum absolute atomic E-state index is 6.24. The number of nitrogens with one attached hydrogen (secondary N) is 1. The van der Waals surface area contributed by atoms with E-state index in [0.717, 1.165) is 44.5 Å². The Hall–Kier alpha value is -3.41. The molecule has 40 heavy (non-hydrogen) atoms. The first-order valence-electron chi connectivity index (χ1n) is 14.4. The van der Waals surface area contributed by atoms with Gasteiger partial charge >= 0.3 is 0 Å². The van der Waals surface area contributed by atoms with Crippen LogP contribution in [-0.4, -0.2) is 23.1 Å². The summed E-state index contributed by atoms with van der Waals surface area (Å²) in [5.74, 6) is 6.24. The van der Waals surface area contributed by atoms with Gasteiger partial charge in [0.15, 0.2) is 0 Å². The van der Waals surface area contributed by atoms with Crippen LogP contribution in [0.25, 0.3) is 16.8 Å². The smallest absolute Gasteiger partial charge is 0.0579 e. The van der Waals surface area contributed by atoms with Crippen LogP contribution in [0.3, 0.4) is 0 Å². The fraction of sp³-hybridized carbons (Fsp3) is 0.400. The summed E-state index contributed by atoms with van der Waals surface area (Å²) in [4.78, 5) is 4.12. The molecule has 3 rings (SSSR count). The van der Waals surface area contributed by atoms with Gasteiger partial charge in [-0.1, -0.05) is 88.4 Å². The minimum atomic E-state index is 0.181. The molecule has 0 atom stereocenters. The number of aromatic nitrogens is 1. The summed E-state index contributed by atoms with van der Waals surface area (Å²) in [5, 5.41) is 5.38. The third kappa shape index (κ3) is 12.2. The minimum absolute atomic E-state index is 0.181. The van der Waals surface area contributed by atoms with Gasteiger partial charge in [0.2, 0.25) is 0 Å². The molecule has 0 spiro atoms. The number of nitrogens with two attached hydrogens (primary N) is 2. The van der Waals surface area contributed by atoms with Crippen molar-refractivity contribution in [3.63, 3.8) is 0 Å². The first-order chi connectivity index (χ1) is 19.1. The van der Waals surface area contributed by atoms with E-state index in [-0.39, 0.29) is 10.8 Å². The molecular formula is C35H51N5. The van der Waals surface area contributed by atoms with Gasteiger partial charge in [-0.25, -0.2) is 5.84 Å². The van der Waals surface area contributed by atoms with Crippen LogP contribution in [0.1, 0.15) is 71.4 Å². The Morgan fingerprint density at radius 3 is 2.27 bits per heavy atom. The van der Waals surface area contributed by atoms with Gasteiger partial charge in [0.25, 0.3) is 0 Å². The molecule has 5 N–H and O–H groups in total. The first-order valence-corrected chi connectivity index (χ1v) is 14.4. The van der Waals surface area contributed by atoms with E-state index >= 15 is 0 Å². The highest BCUT2D eigenvalue weighted by molar-refractivity contribution is 5.67. The molecule has 3 aromatic rings. The Kier molecular flexibility index (Phi) is 13.6. The lowest BCUT2D eigenvalue weighted by Crippen LogP contribution is -2.32. The molecule has 5 heteroatoms. The van der Waals surface area contributed by atoms with E-state index < -0.39 is 0 Å². The van der Waals surface area contributed by atoms with Gasteiger partial charge in [0.1, 0.15) is 0 Å². The van der Waals surface area contributed by atoms with Crippen LogP contribution in [0.2, 0.25) is 0 Å². The van der Waals surface area contributed by atoms with Crippen molar-refractivity contribution in [2.24, 2.45) is 22.4 Å². The predicted molar refractivity (Wildman–Crippen MR) is 173 cm³/mol. The zero-order valence-corrected chi connectivity index (χ0v) is 25.4. The minimum Gasteiger partial charge on any atom is -0.397 e. The SMILES string of the molecule is C=CC.CC(C)(CCCNCc1ccccc1-c1ccccc1)CC(C)(C)CCN(N)/C=C(\N)c1cccnc1. The molecule has 0 saturated carbocycles. The Balaban J connectivity index is 0.00000178. The summed E-state index contributed by atoms with van der Waals surface area (Å²) in [5.41, 5.74) is 12.1. The average molecular weight is 542 g/mol. The molecule has 1 aromatic heterocycles. The number of hydrazine groups is 1. The van der Waals surface area contributed by atoms with Crippen LogP contribution >= 0.6 is 0 Å². The molecule has 0 aliphatic heterocycles. The highest BCUT2D eigenvalue weighted by Crippen LogP contribution is 2.39. The molecule has 0 amide bonds. The first kappa shape index (κ1) is 32.8. The second kappa shape index (κ2) is 16.6. The Bertz CT molecular complexity index is 1150. The normalized spacial score (nSPS) is 11.9. The maximum Gasteiger partial charge on any atom is 0.0579 e. The van der Waals surface area contributed by atoms with Crippen LogP contribution in [0.4, 0.5) is 0 Å². The predicted octanol–water partition coefficient (Wildman–Crippen LogP) is 7.78. The van der Waals surface area contributed by atoms with Gasteiger partial charge in [-0.3, -0.25) is 4.98 Å². The standard InChI is InChI=1S/C32H45N5.C3H6/c1-31(2,25-32(3,4)18-21-37(34)24-30(33)28-15-10-19-35-23-28)17-11-20-36-22-27-14-8-9-16-29(27)26-12-6-5-7-13-26;1-3-2/h5-10,12-16,19,23-24,36H,11,17-18,20-22,25,33-34H2,1-4H3;3H,1H2,2H3/b30-24-;. The zero-order chi connectivity index (χ0) is 29.4. The van der Waals surface area contributed by atoms with Crippen LogP contribution in [0, 0.1) is 10.8 Å². The van der Waals surface area contributed by atoms with E-state index in [9.17, 15) is 0 Å². The van der Waals surface area contributed by atoms with Gasteiger partial charge in [-0.15, -0.1) is 6.58 Å². The van der Waals surface area contributed by atoms with Crippen molar-refractivity contribution in [3.8, 4) is 11.1 Å². The van der Waals surface area contributed by atoms with Crippen LogP contribution in [-0.2, 0) is 6.54 Å². The summed E-state index contributed by atoms with van der Waals surface area (Å²) < 4.78 is 0. The molecule has 0 unspecified atom stereocenters. The van der Waals surface area contributed by atoms with E-state index in [1.807, 2.05) is 19.1 Å². The number of pyridine rings is 1. The van der Waals surface area contributed by atoms with Gasteiger partial charge < -0.3 is 16.1 Å². The fourth-order valence-electron chi connectivity index (χ4n) is 5.24. The summed E-state index contributed by atoms with van der Waals surface area (Å²) in [7, 11) is 0. The second-order valence-corrected chi connectivity index (χ2v) is 12.0. The molecule has 1 heterocycles. The molecule has 0 fully saturated rings. The summed E-state index contributed by atoms with van der Waals surface area (Å²) >= 11 is 0. The van der Waals surface area contributed by atoms with E-state index in [1.165, 1.54) is 23.1 Å². The average Bonchev–Trinajstić information content (AvgIpc) is 2.93. The van der Waals surface area contributed by atoms with Crippen molar-refractivity contribution in [2.75, 3.05) is 13.1 Å². The number of benzene rings is 2. The second-order valence-electron chi connectivity index (χ2n) is 12.0. The van der Waals surface area contributed by atoms with Crippen molar-refractivity contribution in [1.29, 1.82) is 0 Å². The Morgan fingerprint density at radius 2 is 1.60 bits per heavy atom. The summed E-state index contributed by atoms with van der Waals surface area (Å²) in [6.45, 7) is 17.4. The summed E-state index contributed by atoms with van der Waals surface area (Å²) in [6.07, 6.45) is 11.5. The summed E-state index contributed by atoms with van der Waals surface area (Å²) in [6, 6.07) is 23.1. The van der Waals surface area contributed by atoms with Crippen molar-refractivity contribution in [1.82, 2.24) is 15.3 Å². The number of allylic oxidation sites excluding steroid dienone is 1. The van der Waals surface area contributed by atoms with Gasteiger partial charge in [-0.05, 0) is 78.8 Å². The molecular weight excluding hydrogens is 490 g/mol. The third-order valence-corrected chi connectivity index (χ3v) is 6.93. The molecule has 2 aromatic carbocycles. The maximum atomic E-state index is 6.24.